The number of nitrogens with one attached hydrogen (secondary N) is 1. The maximum atomic E-state index is 5.29. The molecule has 0 amide bonds. The number of hydrogen-bond donors (Lipinski definition) is 1. The van der Waals surface area contributed by atoms with E-state index in [1.807, 2.05) is 4.57 Å². The Morgan fingerprint density at radius 3 is 2.50 bits per heavy atom. The van der Waals surface area contributed by atoms with Crippen LogP contribution >= 0.6 is 23.6 Å². The fourth-order valence-corrected chi connectivity index (χ4v) is 3.53. The van der Waals surface area contributed by atoms with Gasteiger partial charge in [-0.15, -0.1) is 11.3 Å². The van der Waals surface area contributed by atoms with E-state index in [9.17, 15) is 0 Å². The number of H-pyrrole nitrogens is 1. The number of aromatic nitrogens is 4. The molecule has 6 heteroatoms. The average Bonchev–Trinajstić information content (AvgIpc) is 2.90. The first-order chi connectivity index (χ1) is 9.25. The van der Waals surface area contributed by atoms with Gasteiger partial charge in [0, 0.05) is 12.0 Å². The zero-order valence-electron chi connectivity index (χ0n) is 12.9. The van der Waals surface area contributed by atoms with Crippen LogP contribution in [0.25, 0.3) is 10.7 Å². The number of rotatable bonds is 3. The highest BCUT2D eigenvalue weighted by Gasteiger charge is 2.25. The lowest BCUT2D eigenvalue weighted by Crippen LogP contribution is -2.10. The molecule has 0 radical (unpaired) electrons. The summed E-state index contributed by atoms with van der Waals surface area (Å²) in [6.07, 6.45) is 0. The first-order valence-electron chi connectivity index (χ1n) is 6.92. The summed E-state index contributed by atoms with van der Waals surface area (Å²) in [6.45, 7) is 13.8. The molecule has 2 aromatic rings. The normalized spacial score (nSPS) is 12.3. The monoisotopic (exact) mass is 310 g/mol. The molecule has 0 saturated heterocycles. The molecule has 20 heavy (non-hydrogen) atoms. The molecular weight excluding hydrogens is 288 g/mol. The highest BCUT2D eigenvalue weighted by atomic mass is 32.1. The van der Waals surface area contributed by atoms with E-state index < -0.39 is 0 Å². The molecule has 1 N–H and O–H groups in total. The van der Waals surface area contributed by atoms with Crippen LogP contribution in [0, 0.1) is 4.77 Å². The van der Waals surface area contributed by atoms with E-state index in [0.29, 0.717) is 10.7 Å². The van der Waals surface area contributed by atoms with E-state index in [0.717, 1.165) is 27.9 Å². The van der Waals surface area contributed by atoms with Crippen LogP contribution in [-0.2, 0) is 12.0 Å². The number of nitrogens with zero attached hydrogens (tertiary/aromatic N) is 3. The Morgan fingerprint density at radius 2 is 2.00 bits per heavy atom. The zero-order chi connectivity index (χ0) is 15.1. The van der Waals surface area contributed by atoms with Gasteiger partial charge in [-0.2, -0.15) is 5.10 Å². The summed E-state index contributed by atoms with van der Waals surface area (Å²) in [7, 11) is 0. The smallest absolute Gasteiger partial charge is 0.195 e. The van der Waals surface area contributed by atoms with Gasteiger partial charge in [-0.1, -0.05) is 34.6 Å². The molecule has 2 rings (SSSR count). The van der Waals surface area contributed by atoms with Crippen molar-refractivity contribution in [3.8, 4) is 10.7 Å². The van der Waals surface area contributed by atoms with Crippen LogP contribution in [0.2, 0.25) is 0 Å². The fourth-order valence-electron chi connectivity index (χ4n) is 1.99. The third-order valence-electron chi connectivity index (χ3n) is 3.12. The summed E-state index contributed by atoms with van der Waals surface area (Å²) in [6, 6.07) is 0. The molecule has 0 spiro atoms. The summed E-state index contributed by atoms with van der Waals surface area (Å²) in [4.78, 5) is 6.00. The van der Waals surface area contributed by atoms with E-state index in [-0.39, 0.29) is 5.41 Å². The Labute approximate surface area is 129 Å². The molecule has 0 unspecified atom stereocenters. The number of thiazole rings is 1. The second-order valence-corrected chi connectivity index (χ2v) is 7.62. The van der Waals surface area contributed by atoms with Gasteiger partial charge in [0.15, 0.2) is 10.6 Å². The van der Waals surface area contributed by atoms with Crippen LogP contribution < -0.4 is 0 Å². The van der Waals surface area contributed by atoms with Crippen molar-refractivity contribution in [1.82, 2.24) is 19.7 Å². The predicted molar refractivity (Wildman–Crippen MR) is 87.0 cm³/mol. The summed E-state index contributed by atoms with van der Waals surface area (Å²) < 4.78 is 2.70. The van der Waals surface area contributed by atoms with Gasteiger partial charge in [-0.3, -0.25) is 9.67 Å². The second-order valence-electron chi connectivity index (χ2n) is 6.23. The molecule has 0 aliphatic rings. The Hall–Kier alpha value is -1.01. The van der Waals surface area contributed by atoms with E-state index in [4.69, 9.17) is 17.2 Å². The highest BCUT2D eigenvalue weighted by Crippen LogP contribution is 2.38. The van der Waals surface area contributed by atoms with E-state index in [1.165, 1.54) is 0 Å². The van der Waals surface area contributed by atoms with Gasteiger partial charge in [0.25, 0.3) is 0 Å². The van der Waals surface area contributed by atoms with Crippen molar-refractivity contribution in [3.05, 3.63) is 15.5 Å². The Kier molecular flexibility index (Phi) is 4.16. The Bertz CT molecular complexity index is 656. The highest BCUT2D eigenvalue weighted by molar-refractivity contribution is 7.71. The molecule has 110 valence electrons. The maximum absolute atomic E-state index is 5.29. The first kappa shape index (κ1) is 15.4. The minimum absolute atomic E-state index is 0.0523. The van der Waals surface area contributed by atoms with Gasteiger partial charge in [0.05, 0.1) is 15.6 Å². The molecular formula is C14H22N4S2. The third-order valence-corrected chi connectivity index (χ3v) is 4.92. The summed E-state index contributed by atoms with van der Waals surface area (Å²) >= 11 is 7.02. The molecule has 4 nitrogen and oxygen atoms in total. The lowest BCUT2D eigenvalue weighted by molar-refractivity contribution is 0.581. The third kappa shape index (κ3) is 2.72. The van der Waals surface area contributed by atoms with E-state index in [1.54, 1.807) is 11.3 Å². The average molecular weight is 310 g/mol. The van der Waals surface area contributed by atoms with Crippen molar-refractivity contribution in [2.45, 2.75) is 59.4 Å². The van der Waals surface area contributed by atoms with Crippen LogP contribution in [-0.4, -0.2) is 19.7 Å². The summed E-state index contributed by atoms with van der Waals surface area (Å²) in [5.74, 6) is 1.28. The van der Waals surface area contributed by atoms with Crippen molar-refractivity contribution in [3.63, 3.8) is 0 Å². The van der Waals surface area contributed by atoms with E-state index in [2.05, 4.69) is 51.7 Å². The van der Waals surface area contributed by atoms with Gasteiger partial charge in [-0.05, 0) is 25.1 Å². The molecule has 0 aliphatic heterocycles. The molecule has 0 atom stereocenters. The minimum atomic E-state index is 0.0523. The molecule has 0 aliphatic carbocycles. The standard InChI is InChI=1S/C14H22N4S2/c1-7-18-11(16-17-13(18)19)10-9(8(2)3)15-12(20-10)14(4,5)6/h8H,7H2,1-6H3,(H,17,19). The Morgan fingerprint density at radius 1 is 1.35 bits per heavy atom. The van der Waals surface area contributed by atoms with Gasteiger partial charge in [-0.25, -0.2) is 4.98 Å². The molecule has 2 aromatic heterocycles. The van der Waals surface area contributed by atoms with Crippen LogP contribution in [0.1, 0.15) is 58.2 Å². The largest absolute Gasteiger partial charge is 0.300 e. The first-order valence-corrected chi connectivity index (χ1v) is 8.15. The van der Waals surface area contributed by atoms with Crippen molar-refractivity contribution < 1.29 is 0 Å². The predicted octanol–water partition coefficient (Wildman–Crippen LogP) is 4.50. The van der Waals surface area contributed by atoms with Crippen molar-refractivity contribution >= 4 is 23.6 Å². The molecule has 2 heterocycles. The minimum Gasteiger partial charge on any atom is -0.300 e. The Balaban J connectivity index is 2.66. The van der Waals surface area contributed by atoms with E-state index >= 15 is 0 Å². The molecule has 0 bridgehead atoms. The maximum Gasteiger partial charge on any atom is 0.195 e. The van der Waals surface area contributed by atoms with Crippen LogP contribution in [0.4, 0.5) is 0 Å². The van der Waals surface area contributed by atoms with Crippen LogP contribution in [0.3, 0.4) is 0 Å². The number of aromatic amines is 1. The quantitative estimate of drug-likeness (QED) is 0.849. The molecule has 0 fully saturated rings. The molecule has 0 aromatic carbocycles. The van der Waals surface area contributed by atoms with Gasteiger partial charge < -0.3 is 0 Å². The molecule has 0 saturated carbocycles. The topological polar surface area (TPSA) is 46.5 Å². The van der Waals surface area contributed by atoms with Crippen molar-refractivity contribution in [2.24, 2.45) is 0 Å². The van der Waals surface area contributed by atoms with Crippen molar-refractivity contribution in [2.75, 3.05) is 0 Å². The van der Waals surface area contributed by atoms with Gasteiger partial charge in [0.2, 0.25) is 0 Å². The van der Waals surface area contributed by atoms with Gasteiger partial charge >= 0.3 is 0 Å². The van der Waals surface area contributed by atoms with Crippen LogP contribution in [0.15, 0.2) is 0 Å². The number of hydrogen-bond acceptors (Lipinski definition) is 4. The lowest BCUT2D eigenvalue weighted by Gasteiger charge is -2.13. The second kappa shape index (κ2) is 5.41. The SMILES string of the molecule is CCn1c(-c2sc(C(C)(C)C)nc2C(C)C)n[nH]c1=S. The fraction of sp³-hybridized carbons (Fsp3) is 0.643. The summed E-state index contributed by atoms with van der Waals surface area (Å²) in [5.41, 5.74) is 1.17. The zero-order valence-corrected chi connectivity index (χ0v) is 14.6. The summed E-state index contributed by atoms with van der Waals surface area (Å²) in [5, 5.41) is 8.45. The van der Waals surface area contributed by atoms with Crippen molar-refractivity contribution in [1.29, 1.82) is 0 Å². The van der Waals surface area contributed by atoms with Gasteiger partial charge in [0.1, 0.15) is 0 Å². The lowest BCUT2D eigenvalue weighted by atomic mass is 9.98. The van der Waals surface area contributed by atoms with Crippen LogP contribution in [0.5, 0.6) is 0 Å².